The van der Waals surface area contributed by atoms with E-state index < -0.39 is 14.5 Å². The van der Waals surface area contributed by atoms with Crippen molar-refractivity contribution in [2.24, 2.45) is 5.73 Å². The molecule has 116 valence electrons. The van der Waals surface area contributed by atoms with E-state index in [2.05, 4.69) is 6.58 Å². The van der Waals surface area contributed by atoms with Gasteiger partial charge in [0, 0.05) is 18.3 Å². The molecule has 1 aromatic carbocycles. The molecule has 21 heavy (non-hydrogen) atoms. The molecular formula is C15H23NO4Si. The predicted octanol–water partition coefficient (Wildman–Crippen LogP) is 1.01. The Bertz CT molecular complexity index is 466. The highest BCUT2D eigenvalue weighted by Gasteiger charge is 2.38. The van der Waals surface area contributed by atoms with E-state index in [1.165, 1.54) is 0 Å². The Morgan fingerprint density at radius 2 is 1.90 bits per heavy atom. The van der Waals surface area contributed by atoms with Gasteiger partial charge < -0.3 is 19.3 Å². The van der Waals surface area contributed by atoms with Crippen LogP contribution in [0.2, 0.25) is 0 Å². The van der Waals surface area contributed by atoms with Crippen LogP contribution < -0.4 is 10.9 Å². The van der Waals surface area contributed by atoms with E-state index in [9.17, 15) is 4.79 Å². The largest absolute Gasteiger partial charge is 0.460 e. The molecule has 0 amide bonds. The monoisotopic (exact) mass is 309 g/mol. The fourth-order valence-electron chi connectivity index (χ4n) is 1.83. The standard InChI is InChI=1S/C15H23NO4Si/c1-4-19-21(12-16,14-8-6-5-7-9-14)20-11-10-18-15(17)13(2)3/h5-9H,2,4,10-12,16H2,1,3H3. The highest BCUT2D eigenvalue weighted by atomic mass is 28.4. The molecule has 0 fully saturated rings. The van der Waals surface area contributed by atoms with Gasteiger partial charge in [-0.15, -0.1) is 0 Å². The lowest BCUT2D eigenvalue weighted by atomic mass is 10.4. The Morgan fingerprint density at radius 3 is 2.43 bits per heavy atom. The zero-order valence-electron chi connectivity index (χ0n) is 12.6. The van der Waals surface area contributed by atoms with Gasteiger partial charge in [-0.25, -0.2) is 4.79 Å². The van der Waals surface area contributed by atoms with E-state index in [1.54, 1.807) is 6.92 Å². The van der Waals surface area contributed by atoms with Crippen molar-refractivity contribution in [2.45, 2.75) is 13.8 Å². The summed E-state index contributed by atoms with van der Waals surface area (Å²) in [6.45, 7) is 7.95. The van der Waals surface area contributed by atoms with E-state index in [0.29, 0.717) is 18.3 Å². The molecule has 1 atom stereocenters. The average Bonchev–Trinajstić information content (AvgIpc) is 2.51. The van der Waals surface area contributed by atoms with Crippen LogP contribution in [0.3, 0.4) is 0 Å². The van der Waals surface area contributed by atoms with Crippen LogP contribution in [0.4, 0.5) is 0 Å². The number of nitrogens with two attached hydrogens (primary N) is 1. The van der Waals surface area contributed by atoms with Crippen LogP contribution in [-0.4, -0.2) is 40.5 Å². The van der Waals surface area contributed by atoms with Gasteiger partial charge in [-0.2, -0.15) is 0 Å². The van der Waals surface area contributed by atoms with E-state index in [-0.39, 0.29) is 13.2 Å². The minimum atomic E-state index is -2.68. The van der Waals surface area contributed by atoms with E-state index in [1.807, 2.05) is 37.3 Å². The van der Waals surface area contributed by atoms with Crippen molar-refractivity contribution in [1.82, 2.24) is 0 Å². The maximum Gasteiger partial charge on any atom is 0.386 e. The number of hydrogen-bond donors (Lipinski definition) is 1. The van der Waals surface area contributed by atoms with Crippen LogP contribution in [0.25, 0.3) is 0 Å². The summed E-state index contributed by atoms with van der Waals surface area (Å²) in [5.74, 6) is -0.422. The zero-order valence-corrected chi connectivity index (χ0v) is 13.6. The third kappa shape index (κ3) is 5.09. The van der Waals surface area contributed by atoms with Crippen molar-refractivity contribution in [1.29, 1.82) is 0 Å². The predicted molar refractivity (Wildman–Crippen MR) is 84.2 cm³/mol. The van der Waals surface area contributed by atoms with Crippen LogP contribution in [0.5, 0.6) is 0 Å². The molecule has 0 bridgehead atoms. The highest BCUT2D eigenvalue weighted by Crippen LogP contribution is 2.07. The minimum Gasteiger partial charge on any atom is -0.460 e. The first-order valence-corrected chi connectivity index (χ1v) is 8.94. The molecule has 1 unspecified atom stereocenters. The summed E-state index contributed by atoms with van der Waals surface area (Å²) in [6, 6.07) is 9.69. The number of hydrogen-bond acceptors (Lipinski definition) is 5. The number of esters is 1. The summed E-state index contributed by atoms with van der Waals surface area (Å²) in [5.41, 5.74) is 6.27. The van der Waals surface area contributed by atoms with Gasteiger partial charge >= 0.3 is 14.5 Å². The molecule has 1 rings (SSSR count). The lowest BCUT2D eigenvalue weighted by Gasteiger charge is -2.29. The number of rotatable bonds is 9. The summed E-state index contributed by atoms with van der Waals surface area (Å²) in [4.78, 5) is 11.3. The summed E-state index contributed by atoms with van der Waals surface area (Å²) in [7, 11) is -2.68. The van der Waals surface area contributed by atoms with Crippen LogP contribution in [0.15, 0.2) is 42.5 Å². The molecular weight excluding hydrogens is 286 g/mol. The molecule has 0 aliphatic heterocycles. The second-order valence-corrected chi connectivity index (χ2v) is 7.59. The second kappa shape index (κ2) is 8.73. The van der Waals surface area contributed by atoms with Crippen molar-refractivity contribution >= 4 is 19.7 Å². The Balaban J connectivity index is 2.67. The Kier molecular flexibility index (Phi) is 7.31. The number of ether oxygens (including phenoxy) is 1. The Labute approximate surface area is 126 Å². The molecule has 0 saturated carbocycles. The molecule has 0 saturated heterocycles. The molecule has 6 heteroatoms. The lowest BCUT2D eigenvalue weighted by Crippen LogP contribution is -2.60. The van der Waals surface area contributed by atoms with Gasteiger partial charge in [-0.1, -0.05) is 36.9 Å². The molecule has 5 nitrogen and oxygen atoms in total. The van der Waals surface area contributed by atoms with Crippen LogP contribution in [0, 0.1) is 0 Å². The van der Waals surface area contributed by atoms with Gasteiger partial charge in [0.2, 0.25) is 0 Å². The van der Waals surface area contributed by atoms with Crippen LogP contribution in [0.1, 0.15) is 13.8 Å². The van der Waals surface area contributed by atoms with Gasteiger partial charge in [0.05, 0.1) is 6.61 Å². The third-order valence-electron chi connectivity index (χ3n) is 2.86. The zero-order chi connectivity index (χ0) is 15.7. The first-order valence-electron chi connectivity index (χ1n) is 6.92. The van der Waals surface area contributed by atoms with Gasteiger partial charge in [0.15, 0.2) is 0 Å². The molecule has 0 aliphatic rings. The summed E-state index contributed by atoms with van der Waals surface area (Å²) < 4.78 is 16.8. The van der Waals surface area contributed by atoms with E-state index >= 15 is 0 Å². The van der Waals surface area contributed by atoms with E-state index in [0.717, 1.165) is 5.19 Å². The topological polar surface area (TPSA) is 70.8 Å². The summed E-state index contributed by atoms with van der Waals surface area (Å²) >= 11 is 0. The van der Waals surface area contributed by atoms with Crippen molar-refractivity contribution in [3.05, 3.63) is 42.5 Å². The molecule has 0 aromatic heterocycles. The van der Waals surface area contributed by atoms with Crippen molar-refractivity contribution in [2.75, 3.05) is 26.0 Å². The first-order chi connectivity index (χ1) is 10.1. The lowest BCUT2D eigenvalue weighted by molar-refractivity contribution is -0.139. The third-order valence-corrected chi connectivity index (χ3v) is 6.04. The average molecular weight is 309 g/mol. The highest BCUT2D eigenvalue weighted by molar-refractivity contribution is 6.81. The molecule has 0 spiro atoms. The first kappa shape index (κ1) is 17.6. The summed E-state index contributed by atoms with van der Waals surface area (Å²) in [6.07, 6.45) is 0.305. The summed E-state index contributed by atoms with van der Waals surface area (Å²) in [5, 5.41) is 0.973. The minimum absolute atomic E-state index is 0.153. The van der Waals surface area contributed by atoms with Crippen molar-refractivity contribution in [3.8, 4) is 0 Å². The van der Waals surface area contributed by atoms with Gasteiger partial charge in [0.1, 0.15) is 6.61 Å². The van der Waals surface area contributed by atoms with E-state index in [4.69, 9.17) is 19.3 Å². The van der Waals surface area contributed by atoms with Crippen LogP contribution in [-0.2, 0) is 18.4 Å². The number of benzene rings is 1. The normalized spacial score (nSPS) is 13.5. The fraction of sp³-hybridized carbons (Fsp3) is 0.400. The maximum absolute atomic E-state index is 11.3. The Hall–Kier alpha value is -1.47. The smallest absolute Gasteiger partial charge is 0.386 e. The maximum atomic E-state index is 11.3. The van der Waals surface area contributed by atoms with Crippen molar-refractivity contribution in [3.63, 3.8) is 0 Å². The molecule has 0 heterocycles. The second-order valence-electron chi connectivity index (χ2n) is 4.52. The molecule has 0 aliphatic carbocycles. The SMILES string of the molecule is C=C(C)C(=O)OCCO[Si](CN)(OCC)c1ccccc1. The Morgan fingerprint density at radius 1 is 1.24 bits per heavy atom. The fourth-order valence-corrected chi connectivity index (χ4v) is 4.30. The van der Waals surface area contributed by atoms with Gasteiger partial charge in [-0.05, 0) is 19.0 Å². The van der Waals surface area contributed by atoms with Gasteiger partial charge in [0.25, 0.3) is 0 Å². The molecule has 1 aromatic rings. The van der Waals surface area contributed by atoms with Crippen molar-refractivity contribution < 1.29 is 18.4 Å². The molecule has 2 N–H and O–H groups in total. The quantitative estimate of drug-likeness (QED) is 0.319. The number of carbonyl (C=O) groups excluding carboxylic acids is 1. The van der Waals surface area contributed by atoms with Crippen LogP contribution >= 0.6 is 0 Å². The van der Waals surface area contributed by atoms with Gasteiger partial charge in [-0.3, -0.25) is 0 Å². The molecule has 0 radical (unpaired) electrons. The number of carbonyl (C=O) groups is 1.